The summed E-state index contributed by atoms with van der Waals surface area (Å²) in [4.78, 5) is 0. The van der Waals surface area contributed by atoms with Crippen molar-refractivity contribution in [1.82, 2.24) is 5.32 Å². The third-order valence-electron chi connectivity index (χ3n) is 2.53. The number of ether oxygens (including phenoxy) is 1. The van der Waals surface area contributed by atoms with Gasteiger partial charge in [0.1, 0.15) is 5.82 Å². The second kappa shape index (κ2) is 4.92. The van der Waals surface area contributed by atoms with Crippen molar-refractivity contribution < 1.29 is 9.13 Å². The molecule has 15 heavy (non-hydrogen) atoms. The van der Waals surface area contributed by atoms with Crippen LogP contribution in [-0.4, -0.2) is 19.3 Å². The molecule has 0 aromatic heterocycles. The fraction of sp³-hybridized carbons (Fsp3) is 0.455. The minimum atomic E-state index is -0.298. The van der Waals surface area contributed by atoms with E-state index in [0.29, 0.717) is 17.6 Å². The Kier molecular flexibility index (Phi) is 3.57. The molecule has 0 aliphatic carbocycles. The van der Waals surface area contributed by atoms with E-state index in [1.165, 1.54) is 12.1 Å². The summed E-state index contributed by atoms with van der Waals surface area (Å²) in [7, 11) is 0. The summed E-state index contributed by atoms with van der Waals surface area (Å²) in [6.45, 7) is 2.22. The van der Waals surface area contributed by atoms with Crippen LogP contribution in [0.15, 0.2) is 18.2 Å². The van der Waals surface area contributed by atoms with E-state index in [9.17, 15) is 4.39 Å². The molecule has 0 bridgehead atoms. The minimum absolute atomic E-state index is 0.298. The first kappa shape index (κ1) is 10.9. The Bertz CT molecular complexity index is 339. The molecule has 0 radical (unpaired) electrons. The van der Waals surface area contributed by atoms with Gasteiger partial charge in [-0.25, -0.2) is 4.39 Å². The fourth-order valence-corrected chi connectivity index (χ4v) is 1.85. The zero-order valence-electron chi connectivity index (χ0n) is 8.30. The number of hydrogen-bond donors (Lipinski definition) is 1. The topological polar surface area (TPSA) is 21.3 Å². The quantitative estimate of drug-likeness (QED) is 0.859. The van der Waals surface area contributed by atoms with E-state index in [0.717, 1.165) is 25.2 Å². The molecular formula is C11H13ClFNO. The standard InChI is InChI=1S/C11H13ClFNO/c12-11-5-9(13)2-1-8(11)6-14-10-3-4-15-7-10/h1-2,5,10,14H,3-4,6-7H2. The van der Waals surface area contributed by atoms with Crippen molar-refractivity contribution in [3.8, 4) is 0 Å². The van der Waals surface area contributed by atoms with Crippen LogP contribution < -0.4 is 5.32 Å². The van der Waals surface area contributed by atoms with Gasteiger partial charge in [-0.05, 0) is 24.1 Å². The lowest BCUT2D eigenvalue weighted by Crippen LogP contribution is -2.28. The normalized spacial score (nSPS) is 20.8. The smallest absolute Gasteiger partial charge is 0.124 e. The van der Waals surface area contributed by atoms with Crippen molar-refractivity contribution in [2.45, 2.75) is 19.0 Å². The summed E-state index contributed by atoms with van der Waals surface area (Å²) in [5, 5.41) is 3.80. The van der Waals surface area contributed by atoms with Gasteiger partial charge in [-0.3, -0.25) is 0 Å². The molecule has 1 aromatic carbocycles. The van der Waals surface area contributed by atoms with Crippen molar-refractivity contribution in [2.24, 2.45) is 0 Å². The number of benzene rings is 1. The summed E-state index contributed by atoms with van der Waals surface area (Å²) in [5.41, 5.74) is 0.921. The minimum Gasteiger partial charge on any atom is -0.380 e. The van der Waals surface area contributed by atoms with Gasteiger partial charge >= 0.3 is 0 Å². The summed E-state index contributed by atoms with van der Waals surface area (Å²) in [6.07, 6.45) is 1.03. The highest BCUT2D eigenvalue weighted by atomic mass is 35.5. The van der Waals surface area contributed by atoms with E-state index in [1.54, 1.807) is 6.07 Å². The van der Waals surface area contributed by atoms with Gasteiger partial charge in [0.15, 0.2) is 0 Å². The van der Waals surface area contributed by atoms with Crippen LogP contribution in [0, 0.1) is 5.82 Å². The van der Waals surface area contributed by atoms with Crippen molar-refractivity contribution >= 4 is 11.6 Å². The Balaban J connectivity index is 1.92. The monoisotopic (exact) mass is 229 g/mol. The van der Waals surface area contributed by atoms with Gasteiger partial charge in [0.25, 0.3) is 0 Å². The Morgan fingerprint density at radius 1 is 1.53 bits per heavy atom. The first-order valence-electron chi connectivity index (χ1n) is 5.01. The maximum absolute atomic E-state index is 12.8. The van der Waals surface area contributed by atoms with E-state index >= 15 is 0 Å². The number of nitrogens with one attached hydrogen (secondary N) is 1. The van der Waals surface area contributed by atoms with E-state index in [2.05, 4.69) is 5.32 Å². The highest BCUT2D eigenvalue weighted by Gasteiger charge is 2.14. The number of hydrogen-bond acceptors (Lipinski definition) is 2. The Morgan fingerprint density at radius 3 is 3.07 bits per heavy atom. The first-order valence-corrected chi connectivity index (χ1v) is 5.38. The van der Waals surface area contributed by atoms with Crippen molar-refractivity contribution in [1.29, 1.82) is 0 Å². The molecular weight excluding hydrogens is 217 g/mol. The number of rotatable bonds is 3. The predicted octanol–water partition coefficient (Wildman–Crippen LogP) is 2.36. The molecule has 2 rings (SSSR count). The summed E-state index contributed by atoms with van der Waals surface area (Å²) >= 11 is 5.90. The van der Waals surface area contributed by atoms with Crippen molar-refractivity contribution in [3.05, 3.63) is 34.6 Å². The van der Waals surface area contributed by atoms with Crippen LogP contribution in [0.2, 0.25) is 5.02 Å². The molecule has 1 fully saturated rings. The van der Waals surface area contributed by atoms with Gasteiger partial charge in [0.2, 0.25) is 0 Å². The molecule has 1 saturated heterocycles. The number of halogens is 2. The predicted molar refractivity (Wildman–Crippen MR) is 57.5 cm³/mol. The van der Waals surface area contributed by atoms with Gasteiger partial charge in [0, 0.05) is 24.2 Å². The molecule has 1 unspecified atom stereocenters. The van der Waals surface area contributed by atoms with Gasteiger partial charge in [-0.1, -0.05) is 17.7 Å². The highest BCUT2D eigenvalue weighted by Crippen LogP contribution is 2.17. The van der Waals surface area contributed by atoms with Gasteiger partial charge < -0.3 is 10.1 Å². The molecule has 1 aliphatic heterocycles. The van der Waals surface area contributed by atoms with E-state index in [1.807, 2.05) is 0 Å². The highest BCUT2D eigenvalue weighted by molar-refractivity contribution is 6.31. The molecule has 0 spiro atoms. The second-order valence-corrected chi connectivity index (χ2v) is 4.08. The van der Waals surface area contributed by atoms with Gasteiger partial charge in [-0.2, -0.15) is 0 Å². The maximum Gasteiger partial charge on any atom is 0.124 e. The Labute approximate surface area is 93.4 Å². The van der Waals surface area contributed by atoms with E-state index in [-0.39, 0.29) is 5.82 Å². The van der Waals surface area contributed by atoms with Crippen LogP contribution in [0.1, 0.15) is 12.0 Å². The molecule has 1 aliphatic rings. The molecule has 0 amide bonds. The van der Waals surface area contributed by atoms with Crippen LogP contribution in [0.5, 0.6) is 0 Å². The Morgan fingerprint density at radius 2 is 2.40 bits per heavy atom. The molecule has 2 nitrogen and oxygen atoms in total. The second-order valence-electron chi connectivity index (χ2n) is 3.68. The molecule has 1 atom stereocenters. The largest absolute Gasteiger partial charge is 0.380 e. The van der Waals surface area contributed by atoms with Crippen LogP contribution in [0.3, 0.4) is 0 Å². The molecule has 4 heteroatoms. The lowest BCUT2D eigenvalue weighted by Gasteiger charge is -2.11. The lowest BCUT2D eigenvalue weighted by molar-refractivity contribution is 0.190. The molecule has 0 saturated carbocycles. The zero-order valence-corrected chi connectivity index (χ0v) is 9.06. The fourth-order valence-electron chi connectivity index (χ4n) is 1.61. The van der Waals surface area contributed by atoms with Crippen LogP contribution in [0.25, 0.3) is 0 Å². The molecule has 1 N–H and O–H groups in total. The summed E-state index contributed by atoms with van der Waals surface area (Å²) in [6, 6.07) is 4.87. The molecule has 1 aromatic rings. The average molecular weight is 230 g/mol. The van der Waals surface area contributed by atoms with Crippen molar-refractivity contribution in [2.75, 3.05) is 13.2 Å². The van der Waals surface area contributed by atoms with Gasteiger partial charge in [-0.15, -0.1) is 0 Å². The van der Waals surface area contributed by atoms with Crippen molar-refractivity contribution in [3.63, 3.8) is 0 Å². The van der Waals surface area contributed by atoms with Crippen LogP contribution in [-0.2, 0) is 11.3 Å². The van der Waals surface area contributed by atoms with E-state index < -0.39 is 0 Å². The third-order valence-corrected chi connectivity index (χ3v) is 2.88. The van der Waals surface area contributed by atoms with E-state index in [4.69, 9.17) is 16.3 Å². The summed E-state index contributed by atoms with van der Waals surface area (Å²) < 4.78 is 18.0. The maximum atomic E-state index is 12.8. The van der Waals surface area contributed by atoms with Crippen LogP contribution in [0.4, 0.5) is 4.39 Å². The lowest BCUT2D eigenvalue weighted by atomic mass is 10.2. The SMILES string of the molecule is Fc1ccc(CNC2CCOC2)c(Cl)c1. The molecule has 1 heterocycles. The Hall–Kier alpha value is -0.640. The van der Waals surface area contributed by atoms with Gasteiger partial charge in [0.05, 0.1) is 6.61 Å². The third kappa shape index (κ3) is 2.91. The molecule has 82 valence electrons. The van der Waals surface area contributed by atoms with Crippen LogP contribution >= 0.6 is 11.6 Å². The first-order chi connectivity index (χ1) is 7.25. The average Bonchev–Trinajstić information content (AvgIpc) is 2.69. The zero-order chi connectivity index (χ0) is 10.7. The summed E-state index contributed by atoms with van der Waals surface area (Å²) in [5.74, 6) is -0.298.